The number of nitrogens with zero attached hydrogens (tertiary/aromatic N) is 3. The Balaban J connectivity index is 1.68. The Morgan fingerprint density at radius 3 is 2.39 bits per heavy atom. The lowest BCUT2D eigenvalue weighted by Gasteiger charge is -2.21. The molecule has 0 atom stereocenters. The van der Waals surface area contributed by atoms with Gasteiger partial charge in [0.05, 0.1) is 17.0 Å². The number of furan rings is 1. The summed E-state index contributed by atoms with van der Waals surface area (Å²) in [5.41, 5.74) is 0.783. The van der Waals surface area contributed by atoms with E-state index in [1.54, 1.807) is 17.0 Å². The molecule has 2 amide bonds. The monoisotopic (exact) mass is 333 g/mol. The van der Waals surface area contributed by atoms with Crippen molar-refractivity contribution in [2.24, 2.45) is 0 Å². The van der Waals surface area contributed by atoms with E-state index in [9.17, 15) is 9.59 Å². The largest absolute Gasteiger partial charge is 0.459 e. The second kappa shape index (κ2) is 6.54. The molecule has 7 heteroatoms. The molecule has 0 saturated carbocycles. The van der Waals surface area contributed by atoms with Gasteiger partial charge in [0.25, 0.3) is 11.8 Å². The molecule has 2 aromatic heterocycles. The highest BCUT2D eigenvalue weighted by Gasteiger charge is 2.26. The van der Waals surface area contributed by atoms with Crippen molar-refractivity contribution < 1.29 is 14.0 Å². The predicted molar refractivity (Wildman–Crippen MR) is 86.7 cm³/mol. The van der Waals surface area contributed by atoms with Crippen LogP contribution >= 0.6 is 11.3 Å². The minimum absolute atomic E-state index is 0.0143. The number of amides is 2. The van der Waals surface area contributed by atoms with E-state index in [-0.39, 0.29) is 11.8 Å². The summed E-state index contributed by atoms with van der Waals surface area (Å²) >= 11 is 1.43. The van der Waals surface area contributed by atoms with Crippen LogP contribution in [0.1, 0.15) is 37.3 Å². The van der Waals surface area contributed by atoms with Gasteiger partial charge in [-0.25, -0.2) is 4.98 Å². The number of carbonyl (C=O) groups is 2. The third-order valence-corrected chi connectivity index (χ3v) is 4.96. The van der Waals surface area contributed by atoms with Crippen LogP contribution in [0.2, 0.25) is 0 Å². The number of carbonyl (C=O) groups excluding carboxylic acids is 2. The molecular weight excluding hydrogens is 314 g/mol. The zero-order valence-corrected chi connectivity index (χ0v) is 14.1. The number of rotatable bonds is 2. The van der Waals surface area contributed by atoms with Crippen molar-refractivity contribution in [2.75, 3.05) is 26.2 Å². The summed E-state index contributed by atoms with van der Waals surface area (Å²) in [4.78, 5) is 33.6. The number of hydrogen-bond acceptors (Lipinski definition) is 5. The van der Waals surface area contributed by atoms with Crippen molar-refractivity contribution in [1.29, 1.82) is 0 Å². The zero-order chi connectivity index (χ0) is 16.4. The van der Waals surface area contributed by atoms with Crippen molar-refractivity contribution >= 4 is 23.2 Å². The Bertz CT molecular complexity index is 708. The highest BCUT2D eigenvalue weighted by atomic mass is 32.1. The second-order valence-corrected chi connectivity index (χ2v) is 6.77. The summed E-state index contributed by atoms with van der Waals surface area (Å²) in [5, 5.41) is 0.898. The molecule has 3 heterocycles. The molecule has 0 aromatic carbocycles. The van der Waals surface area contributed by atoms with Gasteiger partial charge in [-0.2, -0.15) is 0 Å². The van der Waals surface area contributed by atoms with Crippen LogP contribution in [-0.4, -0.2) is 52.8 Å². The Morgan fingerprint density at radius 1 is 1.13 bits per heavy atom. The van der Waals surface area contributed by atoms with Crippen molar-refractivity contribution in [2.45, 2.75) is 20.3 Å². The fraction of sp³-hybridized carbons (Fsp3) is 0.438. The van der Waals surface area contributed by atoms with Crippen LogP contribution in [0.4, 0.5) is 0 Å². The smallest absolute Gasteiger partial charge is 0.289 e. The highest BCUT2D eigenvalue weighted by molar-refractivity contribution is 7.13. The standard InChI is InChI=1S/C16H19N3O3S/c1-11-14(23-12(2)17-11)16(21)19-7-4-6-18(8-9-19)15(20)13-5-3-10-22-13/h3,5,10H,4,6-9H2,1-2H3. The third kappa shape index (κ3) is 3.29. The molecule has 23 heavy (non-hydrogen) atoms. The molecule has 0 radical (unpaired) electrons. The summed E-state index contributed by atoms with van der Waals surface area (Å²) in [7, 11) is 0. The van der Waals surface area contributed by atoms with Crippen molar-refractivity contribution in [1.82, 2.24) is 14.8 Å². The van der Waals surface area contributed by atoms with E-state index in [1.807, 2.05) is 18.7 Å². The molecule has 0 bridgehead atoms. The van der Waals surface area contributed by atoms with E-state index in [0.717, 1.165) is 17.1 Å². The van der Waals surface area contributed by atoms with Gasteiger partial charge in [-0.05, 0) is 32.4 Å². The molecular formula is C16H19N3O3S. The minimum atomic E-state index is -0.117. The van der Waals surface area contributed by atoms with Crippen molar-refractivity contribution in [3.8, 4) is 0 Å². The summed E-state index contributed by atoms with van der Waals surface area (Å²) in [6.07, 6.45) is 2.25. The van der Waals surface area contributed by atoms with E-state index < -0.39 is 0 Å². The summed E-state index contributed by atoms with van der Waals surface area (Å²) in [5.74, 6) is 0.244. The van der Waals surface area contributed by atoms with E-state index >= 15 is 0 Å². The Kier molecular flexibility index (Phi) is 4.47. The van der Waals surface area contributed by atoms with Crippen LogP contribution in [0.15, 0.2) is 22.8 Å². The third-order valence-electron chi connectivity index (χ3n) is 3.90. The van der Waals surface area contributed by atoms with Crippen LogP contribution in [0.3, 0.4) is 0 Å². The van der Waals surface area contributed by atoms with Gasteiger partial charge >= 0.3 is 0 Å². The van der Waals surface area contributed by atoms with Gasteiger partial charge in [0.2, 0.25) is 0 Å². The SMILES string of the molecule is Cc1nc(C)c(C(=O)N2CCCN(C(=O)c3ccco3)CC2)s1. The molecule has 0 N–H and O–H groups in total. The van der Waals surface area contributed by atoms with E-state index in [4.69, 9.17) is 4.42 Å². The quantitative estimate of drug-likeness (QED) is 0.846. The van der Waals surface area contributed by atoms with Gasteiger partial charge in [0.15, 0.2) is 5.76 Å². The average molecular weight is 333 g/mol. The number of aryl methyl sites for hydroxylation is 2. The van der Waals surface area contributed by atoms with E-state index in [2.05, 4.69) is 4.98 Å². The summed E-state index contributed by atoms with van der Waals surface area (Å²) in [6, 6.07) is 3.37. The van der Waals surface area contributed by atoms with Crippen molar-refractivity contribution in [3.05, 3.63) is 39.7 Å². The predicted octanol–water partition coefficient (Wildman–Crippen LogP) is 2.34. The van der Waals surface area contributed by atoms with Crippen LogP contribution < -0.4 is 0 Å². The first-order valence-electron chi connectivity index (χ1n) is 7.62. The molecule has 0 aliphatic carbocycles. The Hall–Kier alpha value is -2.15. The van der Waals surface area contributed by atoms with Gasteiger partial charge in [-0.3, -0.25) is 9.59 Å². The van der Waals surface area contributed by atoms with Gasteiger partial charge in [-0.15, -0.1) is 11.3 Å². The van der Waals surface area contributed by atoms with E-state index in [1.165, 1.54) is 17.6 Å². The lowest BCUT2D eigenvalue weighted by Crippen LogP contribution is -2.37. The maximum Gasteiger partial charge on any atom is 0.289 e. The molecule has 1 saturated heterocycles. The summed E-state index contributed by atoms with van der Waals surface area (Å²) < 4.78 is 5.17. The lowest BCUT2D eigenvalue weighted by atomic mass is 10.3. The molecule has 1 aliphatic heterocycles. The first kappa shape index (κ1) is 15.7. The molecule has 3 rings (SSSR count). The molecule has 0 spiro atoms. The number of thiazole rings is 1. The minimum Gasteiger partial charge on any atom is -0.459 e. The summed E-state index contributed by atoms with van der Waals surface area (Å²) in [6.45, 7) is 6.09. The van der Waals surface area contributed by atoms with Gasteiger partial charge < -0.3 is 14.2 Å². The molecule has 0 unspecified atom stereocenters. The van der Waals surface area contributed by atoms with Crippen LogP contribution in [0.25, 0.3) is 0 Å². The fourth-order valence-corrected chi connectivity index (χ4v) is 3.64. The van der Waals surface area contributed by atoms with Gasteiger partial charge in [0.1, 0.15) is 4.88 Å². The highest BCUT2D eigenvalue weighted by Crippen LogP contribution is 2.20. The Morgan fingerprint density at radius 2 is 1.83 bits per heavy atom. The normalized spacial score (nSPS) is 15.6. The molecule has 6 nitrogen and oxygen atoms in total. The fourth-order valence-electron chi connectivity index (χ4n) is 2.75. The Labute approximate surface area is 138 Å². The maximum atomic E-state index is 12.7. The van der Waals surface area contributed by atoms with E-state index in [0.29, 0.717) is 36.8 Å². The van der Waals surface area contributed by atoms with Crippen molar-refractivity contribution in [3.63, 3.8) is 0 Å². The number of aromatic nitrogens is 1. The second-order valence-electron chi connectivity index (χ2n) is 5.56. The first-order valence-corrected chi connectivity index (χ1v) is 8.44. The van der Waals surface area contributed by atoms with Crippen LogP contribution in [0.5, 0.6) is 0 Å². The molecule has 2 aromatic rings. The maximum absolute atomic E-state index is 12.7. The topological polar surface area (TPSA) is 66.7 Å². The lowest BCUT2D eigenvalue weighted by molar-refractivity contribution is 0.0701. The molecule has 1 fully saturated rings. The first-order chi connectivity index (χ1) is 11.1. The molecule has 1 aliphatic rings. The molecule has 122 valence electrons. The number of hydrogen-bond donors (Lipinski definition) is 0. The van der Waals surface area contributed by atoms with Gasteiger partial charge in [-0.1, -0.05) is 0 Å². The average Bonchev–Trinajstić information content (AvgIpc) is 3.09. The van der Waals surface area contributed by atoms with Crippen LogP contribution in [0, 0.1) is 13.8 Å². The zero-order valence-electron chi connectivity index (χ0n) is 13.2. The van der Waals surface area contributed by atoms with Gasteiger partial charge in [0, 0.05) is 26.2 Å². The van der Waals surface area contributed by atoms with Crippen LogP contribution in [-0.2, 0) is 0 Å².